The molecule has 0 aromatic heterocycles. The van der Waals surface area contributed by atoms with Crippen molar-refractivity contribution in [3.05, 3.63) is 66.2 Å². The van der Waals surface area contributed by atoms with E-state index in [1.54, 1.807) is 36.2 Å². The minimum absolute atomic E-state index is 0.118. The highest BCUT2D eigenvalue weighted by Crippen LogP contribution is 2.33. The Balaban J connectivity index is 1.50. The second kappa shape index (κ2) is 8.55. The van der Waals surface area contributed by atoms with Crippen LogP contribution in [0.25, 0.3) is 0 Å². The van der Waals surface area contributed by atoms with Gasteiger partial charge in [0, 0.05) is 24.4 Å². The van der Waals surface area contributed by atoms with E-state index < -0.39 is 29.4 Å². The molecular weight excluding hydrogens is 408 g/mol. The number of esters is 1. The smallest absolute Gasteiger partial charge is 0.360 e. The van der Waals surface area contributed by atoms with E-state index in [2.05, 4.69) is 10.5 Å². The fourth-order valence-electron chi connectivity index (χ4n) is 4.02. The molecule has 0 saturated carbocycles. The summed E-state index contributed by atoms with van der Waals surface area (Å²) in [5, 5.41) is 7.08. The van der Waals surface area contributed by atoms with Gasteiger partial charge >= 0.3 is 5.97 Å². The molecule has 2 aromatic rings. The van der Waals surface area contributed by atoms with Crippen molar-refractivity contribution in [2.24, 2.45) is 11.0 Å². The number of amides is 2. The normalized spacial score (nSPS) is 22.4. The molecule has 1 N–H and O–H groups in total. The molecule has 2 amide bonds. The van der Waals surface area contributed by atoms with E-state index >= 15 is 0 Å². The second-order valence-corrected chi connectivity index (χ2v) is 8.67. The fraction of sp³-hybridized carbons (Fsp3) is 0.333. The molecule has 2 aromatic carbocycles. The molecule has 4 rings (SSSR count). The summed E-state index contributed by atoms with van der Waals surface area (Å²) in [6, 6.07) is 17.5. The number of carbonyl (C=O) groups excluding carboxylic acids is 3. The summed E-state index contributed by atoms with van der Waals surface area (Å²) in [5.74, 6) is -1.50. The van der Waals surface area contributed by atoms with Gasteiger partial charge < -0.3 is 4.74 Å². The summed E-state index contributed by atoms with van der Waals surface area (Å²) in [6.45, 7) is 6.01. The molecule has 2 aliphatic heterocycles. The Morgan fingerprint density at radius 1 is 1.09 bits per heavy atom. The van der Waals surface area contributed by atoms with Crippen LogP contribution in [-0.2, 0) is 20.9 Å². The van der Waals surface area contributed by atoms with Crippen molar-refractivity contribution in [2.45, 2.75) is 45.3 Å². The number of nitrogens with one attached hydrogen (secondary N) is 1. The zero-order valence-corrected chi connectivity index (χ0v) is 18.3. The lowest BCUT2D eigenvalue weighted by Crippen LogP contribution is -2.55. The Kier molecular flexibility index (Phi) is 5.80. The van der Waals surface area contributed by atoms with Crippen molar-refractivity contribution < 1.29 is 19.1 Å². The molecule has 2 heterocycles. The zero-order valence-electron chi connectivity index (χ0n) is 18.3. The van der Waals surface area contributed by atoms with Crippen LogP contribution in [0.3, 0.4) is 0 Å². The zero-order chi connectivity index (χ0) is 22.9. The topological polar surface area (TPSA) is 91.3 Å². The summed E-state index contributed by atoms with van der Waals surface area (Å²) in [6.07, 6.45) is 0.219. The number of carbonyl (C=O) groups is 3. The predicted molar refractivity (Wildman–Crippen MR) is 118 cm³/mol. The summed E-state index contributed by atoms with van der Waals surface area (Å²) in [7, 11) is 0. The van der Waals surface area contributed by atoms with Gasteiger partial charge in [-0.15, -0.1) is 0 Å². The highest BCUT2D eigenvalue weighted by Gasteiger charge is 2.50. The van der Waals surface area contributed by atoms with Crippen LogP contribution < -0.4 is 10.2 Å². The first-order valence-electron chi connectivity index (χ1n) is 10.6. The third-order valence-corrected chi connectivity index (χ3v) is 5.83. The Morgan fingerprint density at radius 2 is 1.72 bits per heavy atom. The van der Waals surface area contributed by atoms with Crippen LogP contribution >= 0.6 is 0 Å². The van der Waals surface area contributed by atoms with Gasteiger partial charge in [0.25, 0.3) is 5.91 Å². The minimum atomic E-state index is -0.843. The van der Waals surface area contributed by atoms with Gasteiger partial charge in [0.2, 0.25) is 5.91 Å². The summed E-state index contributed by atoms with van der Waals surface area (Å²) >= 11 is 0. The summed E-state index contributed by atoms with van der Waals surface area (Å²) in [5.41, 5.74) is 3.33. The first-order valence-corrected chi connectivity index (χ1v) is 10.6. The van der Waals surface area contributed by atoms with E-state index in [4.69, 9.17) is 4.74 Å². The average Bonchev–Trinajstić information content (AvgIpc) is 3.25. The number of rotatable bonds is 5. The molecular formula is C24H26N4O4. The van der Waals surface area contributed by atoms with Crippen LogP contribution in [0.4, 0.5) is 0 Å². The number of imide groups is 1. The van der Waals surface area contributed by atoms with Gasteiger partial charge in [-0.1, -0.05) is 55.5 Å². The lowest BCUT2D eigenvalue weighted by atomic mass is 9.97. The van der Waals surface area contributed by atoms with E-state index in [0.717, 1.165) is 5.56 Å². The Hall–Kier alpha value is -3.52. The Bertz CT molecular complexity index is 1050. The van der Waals surface area contributed by atoms with Crippen molar-refractivity contribution in [1.82, 2.24) is 15.4 Å². The molecule has 1 saturated heterocycles. The van der Waals surface area contributed by atoms with Crippen LogP contribution in [-0.4, -0.2) is 45.1 Å². The molecule has 0 unspecified atom stereocenters. The summed E-state index contributed by atoms with van der Waals surface area (Å²) in [4.78, 5) is 38.9. The van der Waals surface area contributed by atoms with Gasteiger partial charge in [-0.05, 0) is 31.5 Å². The quantitative estimate of drug-likeness (QED) is 0.442. The number of nitrogens with zero attached hydrogens (tertiary/aromatic N) is 3. The highest BCUT2D eigenvalue weighted by molar-refractivity contribution is 6.39. The average molecular weight is 434 g/mol. The molecule has 1 fully saturated rings. The van der Waals surface area contributed by atoms with E-state index in [-0.39, 0.29) is 18.0 Å². The largest absolute Gasteiger partial charge is 0.422 e. The highest BCUT2D eigenvalue weighted by atomic mass is 16.5. The monoisotopic (exact) mass is 434 g/mol. The van der Waals surface area contributed by atoms with Gasteiger partial charge in [0.1, 0.15) is 11.8 Å². The number of ether oxygens (including phenoxy) is 1. The fourth-order valence-corrected chi connectivity index (χ4v) is 4.02. The van der Waals surface area contributed by atoms with E-state index in [1.165, 1.54) is 5.01 Å². The molecule has 8 nitrogen and oxygen atoms in total. The minimum Gasteiger partial charge on any atom is -0.422 e. The number of benzene rings is 2. The van der Waals surface area contributed by atoms with Crippen LogP contribution in [0, 0.1) is 5.92 Å². The predicted octanol–water partition coefficient (Wildman–Crippen LogP) is 2.51. The molecule has 8 heteroatoms. The third kappa shape index (κ3) is 4.13. The van der Waals surface area contributed by atoms with Gasteiger partial charge in [-0.3, -0.25) is 15.0 Å². The molecule has 0 radical (unpaired) electrons. The van der Waals surface area contributed by atoms with Gasteiger partial charge in [0.05, 0.1) is 0 Å². The van der Waals surface area contributed by atoms with Crippen LogP contribution in [0.5, 0.6) is 5.75 Å². The summed E-state index contributed by atoms with van der Waals surface area (Å²) < 4.78 is 5.36. The van der Waals surface area contributed by atoms with Crippen LogP contribution in [0.15, 0.2) is 65.8 Å². The number of hydrazone groups is 1. The van der Waals surface area contributed by atoms with Crippen molar-refractivity contribution in [3.8, 4) is 5.75 Å². The molecule has 0 spiro atoms. The first kappa shape index (κ1) is 21.7. The molecule has 32 heavy (non-hydrogen) atoms. The number of hydrogen-bond acceptors (Lipinski definition) is 7. The lowest BCUT2D eigenvalue weighted by Gasteiger charge is -2.36. The Labute approximate surface area is 186 Å². The maximum Gasteiger partial charge on any atom is 0.360 e. The van der Waals surface area contributed by atoms with Gasteiger partial charge in [-0.2, -0.15) is 5.10 Å². The SMILES string of the molecule is C[C@@H]1C(C(=O)Oc2ccccc2)=NN[C@H]1C(=O)N1C(=O)CC(C)(C)N1Cc1ccccc1. The van der Waals surface area contributed by atoms with Crippen molar-refractivity contribution >= 4 is 23.5 Å². The van der Waals surface area contributed by atoms with E-state index in [1.807, 2.05) is 50.2 Å². The van der Waals surface area contributed by atoms with Gasteiger partial charge in [-0.25, -0.2) is 14.8 Å². The van der Waals surface area contributed by atoms with Crippen molar-refractivity contribution in [1.29, 1.82) is 0 Å². The lowest BCUT2D eigenvalue weighted by molar-refractivity contribution is -0.163. The molecule has 0 bridgehead atoms. The number of hydrogen-bond donors (Lipinski definition) is 1. The van der Waals surface area contributed by atoms with Crippen molar-refractivity contribution in [2.75, 3.05) is 0 Å². The first-order chi connectivity index (χ1) is 15.3. The molecule has 166 valence electrons. The third-order valence-electron chi connectivity index (χ3n) is 5.83. The maximum absolute atomic E-state index is 13.5. The maximum atomic E-state index is 13.5. The van der Waals surface area contributed by atoms with Crippen molar-refractivity contribution in [3.63, 3.8) is 0 Å². The molecule has 2 atom stereocenters. The Morgan fingerprint density at radius 3 is 2.38 bits per heavy atom. The van der Waals surface area contributed by atoms with Gasteiger partial charge in [0.15, 0.2) is 5.71 Å². The second-order valence-electron chi connectivity index (χ2n) is 8.67. The van der Waals surface area contributed by atoms with Crippen LogP contribution in [0.1, 0.15) is 32.8 Å². The number of hydrazine groups is 1. The van der Waals surface area contributed by atoms with E-state index in [0.29, 0.717) is 12.3 Å². The standard InChI is InChI=1S/C24H26N4O4/c1-16-20(25-26-21(16)23(31)32-18-12-8-5-9-13-18)22(30)28-19(29)14-24(2,3)27(28)15-17-10-6-4-7-11-17/h4-13,16,20,25H,14-15H2,1-3H3/t16-,20+/m0/s1. The number of para-hydroxylation sites is 1. The molecule has 2 aliphatic rings. The van der Waals surface area contributed by atoms with Crippen LogP contribution in [0.2, 0.25) is 0 Å². The molecule has 0 aliphatic carbocycles. The van der Waals surface area contributed by atoms with E-state index in [9.17, 15) is 14.4 Å².